The van der Waals surface area contributed by atoms with Gasteiger partial charge < -0.3 is 10.1 Å². The van der Waals surface area contributed by atoms with E-state index in [-0.39, 0.29) is 29.3 Å². The van der Waals surface area contributed by atoms with Crippen LogP contribution in [0.3, 0.4) is 0 Å². The number of hydrogen-bond acceptors (Lipinski definition) is 6. The lowest BCUT2D eigenvalue weighted by atomic mass is 10.2. The zero-order chi connectivity index (χ0) is 18.2. The molecule has 1 N–H and O–H groups in total. The third kappa shape index (κ3) is 4.71. The lowest BCUT2D eigenvalue weighted by molar-refractivity contribution is 0.278. The summed E-state index contributed by atoms with van der Waals surface area (Å²) in [5, 5.41) is 33.5. The van der Waals surface area contributed by atoms with Crippen LogP contribution in [-0.2, 0) is 6.54 Å². The molecule has 0 atom stereocenters. The highest BCUT2D eigenvalue weighted by molar-refractivity contribution is 6.30. The van der Waals surface area contributed by atoms with E-state index in [2.05, 4.69) is 10.4 Å². The molecule has 0 aliphatic heterocycles. The van der Waals surface area contributed by atoms with E-state index < -0.39 is 5.82 Å². The first kappa shape index (κ1) is 17.8. The first-order valence-electron chi connectivity index (χ1n) is 6.89. The number of halogens is 2. The number of nitrogens with one attached hydrogen (secondary N) is 1. The second-order valence-corrected chi connectivity index (χ2v) is 5.06. The van der Waals surface area contributed by atoms with Crippen LogP contribution in [0.1, 0.15) is 0 Å². The van der Waals surface area contributed by atoms with Gasteiger partial charge in [-0.05, 0) is 12.1 Å². The number of nitriles is 3. The van der Waals surface area contributed by atoms with Gasteiger partial charge in [-0.1, -0.05) is 11.6 Å². The molecule has 0 unspecified atom stereocenters. The van der Waals surface area contributed by atoms with Crippen molar-refractivity contribution in [2.75, 3.05) is 11.9 Å². The van der Waals surface area contributed by atoms with Gasteiger partial charge in [-0.3, -0.25) is 4.68 Å². The number of hydrogen-bond donors (Lipinski definition) is 1. The molecule has 1 aromatic heterocycles. The number of ether oxygens (including phenoxy) is 1. The van der Waals surface area contributed by atoms with Crippen molar-refractivity contribution in [1.82, 2.24) is 9.78 Å². The summed E-state index contributed by atoms with van der Waals surface area (Å²) in [5.41, 5.74) is -0.432. The lowest BCUT2D eigenvalue weighted by Gasteiger charge is -2.10. The topological polar surface area (TPSA) is 110 Å². The molecular formula is C16H10ClFN6O. The Hall–Kier alpha value is -3.54. The van der Waals surface area contributed by atoms with Crippen LogP contribution in [0.2, 0.25) is 5.02 Å². The van der Waals surface area contributed by atoms with Crippen LogP contribution in [0.5, 0.6) is 5.75 Å². The normalized spacial score (nSPS) is 9.40. The molecule has 25 heavy (non-hydrogen) atoms. The molecule has 0 aliphatic rings. The maximum atomic E-state index is 14.1. The minimum absolute atomic E-state index is 0.0204. The molecule has 1 aromatic carbocycles. The molecule has 2 aromatic rings. The maximum absolute atomic E-state index is 14.1. The van der Waals surface area contributed by atoms with Gasteiger partial charge in [0.05, 0.1) is 17.8 Å². The Labute approximate surface area is 147 Å². The van der Waals surface area contributed by atoms with Gasteiger partial charge in [-0.25, -0.2) is 4.39 Å². The Morgan fingerprint density at radius 3 is 2.60 bits per heavy atom. The number of anilines is 1. The van der Waals surface area contributed by atoms with E-state index in [1.807, 2.05) is 0 Å². The number of rotatable bonds is 6. The average molecular weight is 357 g/mol. The highest BCUT2D eigenvalue weighted by atomic mass is 35.5. The lowest BCUT2D eigenvalue weighted by Crippen LogP contribution is -2.09. The van der Waals surface area contributed by atoms with Crippen LogP contribution >= 0.6 is 11.6 Å². The minimum atomic E-state index is -0.656. The largest absolute Gasteiger partial charge is 0.489 e. The third-order valence-corrected chi connectivity index (χ3v) is 3.16. The molecule has 0 spiro atoms. The summed E-state index contributed by atoms with van der Waals surface area (Å²) in [6.07, 6.45) is 3.10. The van der Waals surface area contributed by atoms with E-state index in [1.54, 1.807) is 29.1 Å². The SMILES string of the molecule is N#CC(C#N)=C(C#N)Nc1ccc(OCCn2cc(Cl)cn2)c(F)c1. The molecule has 0 fully saturated rings. The Kier molecular flexibility index (Phi) is 5.95. The molecular weight excluding hydrogens is 347 g/mol. The van der Waals surface area contributed by atoms with Crippen LogP contribution in [-0.4, -0.2) is 16.4 Å². The highest BCUT2D eigenvalue weighted by Crippen LogP contribution is 2.22. The summed E-state index contributed by atoms with van der Waals surface area (Å²) < 4.78 is 21.0. The van der Waals surface area contributed by atoms with Crippen molar-refractivity contribution < 1.29 is 9.13 Å². The average Bonchev–Trinajstić information content (AvgIpc) is 3.02. The molecule has 124 valence electrons. The van der Waals surface area contributed by atoms with Crippen LogP contribution in [0.25, 0.3) is 0 Å². The molecule has 0 bridgehead atoms. The summed E-state index contributed by atoms with van der Waals surface area (Å²) in [7, 11) is 0. The monoisotopic (exact) mass is 356 g/mol. The van der Waals surface area contributed by atoms with Crippen LogP contribution in [0.15, 0.2) is 41.9 Å². The molecule has 0 saturated heterocycles. The van der Waals surface area contributed by atoms with Gasteiger partial charge >= 0.3 is 0 Å². The number of allylic oxidation sites excluding steroid dienone is 2. The van der Waals surface area contributed by atoms with Crippen LogP contribution in [0, 0.1) is 39.8 Å². The second-order valence-electron chi connectivity index (χ2n) is 4.63. The van der Waals surface area contributed by atoms with Gasteiger partial charge in [0.1, 0.15) is 30.5 Å². The number of aromatic nitrogens is 2. The smallest absolute Gasteiger partial charge is 0.167 e. The quantitative estimate of drug-likeness (QED) is 0.796. The van der Waals surface area contributed by atoms with E-state index >= 15 is 0 Å². The molecule has 9 heteroatoms. The van der Waals surface area contributed by atoms with Gasteiger partial charge in [-0.15, -0.1) is 0 Å². The van der Waals surface area contributed by atoms with E-state index in [9.17, 15) is 4.39 Å². The Morgan fingerprint density at radius 2 is 2.04 bits per heavy atom. The van der Waals surface area contributed by atoms with Crippen LogP contribution < -0.4 is 10.1 Å². The zero-order valence-electron chi connectivity index (χ0n) is 12.7. The Bertz CT molecular complexity index is 915. The number of nitrogens with zero attached hydrogens (tertiary/aromatic N) is 5. The Morgan fingerprint density at radius 1 is 1.28 bits per heavy atom. The third-order valence-electron chi connectivity index (χ3n) is 2.97. The molecule has 0 radical (unpaired) electrons. The van der Waals surface area contributed by atoms with Crippen molar-refractivity contribution in [1.29, 1.82) is 15.8 Å². The van der Waals surface area contributed by atoms with E-state index in [1.165, 1.54) is 18.3 Å². The van der Waals surface area contributed by atoms with Crippen molar-refractivity contribution >= 4 is 17.3 Å². The standard InChI is InChI=1S/C16H10ClFN6O/c17-12-9-22-24(10-12)3-4-25-16-2-1-13(5-14(16)18)23-15(8-21)11(6-19)7-20/h1-2,5,9-10,23H,3-4H2. The van der Waals surface area contributed by atoms with E-state index in [4.69, 9.17) is 32.1 Å². The van der Waals surface area contributed by atoms with Crippen LogP contribution in [0.4, 0.5) is 10.1 Å². The van der Waals surface area contributed by atoms with Gasteiger partial charge in [0.15, 0.2) is 17.1 Å². The minimum Gasteiger partial charge on any atom is -0.489 e. The predicted molar refractivity (Wildman–Crippen MR) is 86.6 cm³/mol. The molecule has 7 nitrogen and oxygen atoms in total. The van der Waals surface area contributed by atoms with Gasteiger partial charge in [0.25, 0.3) is 0 Å². The number of benzene rings is 1. The first-order chi connectivity index (χ1) is 12.1. The first-order valence-corrected chi connectivity index (χ1v) is 7.27. The highest BCUT2D eigenvalue weighted by Gasteiger charge is 2.09. The molecule has 1 heterocycles. The van der Waals surface area contributed by atoms with Crippen molar-refractivity contribution in [2.45, 2.75) is 6.54 Å². The molecule has 0 saturated carbocycles. The predicted octanol–water partition coefficient (Wildman–Crippen LogP) is 2.99. The summed E-state index contributed by atoms with van der Waals surface area (Å²) in [5.74, 6) is -0.636. The fraction of sp³-hybridized carbons (Fsp3) is 0.125. The maximum Gasteiger partial charge on any atom is 0.167 e. The van der Waals surface area contributed by atoms with Crippen molar-refractivity contribution in [3.8, 4) is 24.0 Å². The summed E-state index contributed by atoms with van der Waals surface area (Å²) in [6, 6.07) is 8.82. The fourth-order valence-electron chi connectivity index (χ4n) is 1.83. The van der Waals surface area contributed by atoms with E-state index in [0.29, 0.717) is 11.6 Å². The summed E-state index contributed by atoms with van der Waals surface area (Å²) >= 11 is 5.74. The second kappa shape index (κ2) is 8.35. The Balaban J connectivity index is 2.03. The summed E-state index contributed by atoms with van der Waals surface area (Å²) in [6.45, 7) is 0.569. The van der Waals surface area contributed by atoms with Crippen molar-refractivity contribution in [2.24, 2.45) is 0 Å². The molecule has 0 aliphatic carbocycles. The van der Waals surface area contributed by atoms with Crippen molar-refractivity contribution in [3.05, 3.63) is 52.7 Å². The van der Waals surface area contributed by atoms with Gasteiger partial charge in [-0.2, -0.15) is 20.9 Å². The van der Waals surface area contributed by atoms with Gasteiger partial charge in [0, 0.05) is 18.0 Å². The fourth-order valence-corrected chi connectivity index (χ4v) is 1.99. The van der Waals surface area contributed by atoms with E-state index in [0.717, 1.165) is 6.07 Å². The van der Waals surface area contributed by atoms with Crippen molar-refractivity contribution in [3.63, 3.8) is 0 Å². The molecule has 2 rings (SSSR count). The van der Waals surface area contributed by atoms with Gasteiger partial charge in [0.2, 0.25) is 0 Å². The zero-order valence-corrected chi connectivity index (χ0v) is 13.5. The molecule has 0 amide bonds. The summed E-state index contributed by atoms with van der Waals surface area (Å²) in [4.78, 5) is 0.